The Morgan fingerprint density at radius 3 is 1.13 bits per heavy atom. The number of carbonyl (C=O) groups is 2. The SMILES string of the molecule is COc1ccc(-c2c(C)nc3c(N4CC=CC4)cc(C)nn23)cc1OC.COc1ccc(-c2c(C)nc3c(N4CCC(NC(C)=O)CC4)cc(C)nn23)cc1OC.COc1ccc(-c2c(C)nc3c(N4CCN(C(=O)OC(C)(C)C)CC4)cc(C)nn23)cc1OC. The van der Waals surface area contributed by atoms with Crippen LogP contribution in [0.3, 0.4) is 0 Å². The minimum absolute atomic E-state index is 0.0315. The van der Waals surface area contributed by atoms with Crippen molar-refractivity contribution in [2.45, 2.75) is 93.7 Å². The van der Waals surface area contributed by atoms with Gasteiger partial charge in [-0.2, -0.15) is 15.3 Å². The summed E-state index contributed by atoms with van der Waals surface area (Å²) in [7, 11) is 9.79. The van der Waals surface area contributed by atoms with Gasteiger partial charge in [-0.1, -0.05) is 12.2 Å². The minimum Gasteiger partial charge on any atom is -0.493 e. The van der Waals surface area contributed by atoms with E-state index in [0.29, 0.717) is 60.7 Å². The molecule has 0 saturated carbocycles. The van der Waals surface area contributed by atoms with Crippen LogP contribution in [0.15, 0.2) is 84.9 Å². The summed E-state index contributed by atoms with van der Waals surface area (Å²) >= 11 is 0. The maximum Gasteiger partial charge on any atom is 0.410 e. The normalized spacial score (nSPS) is 14.3. The van der Waals surface area contributed by atoms with E-state index in [1.165, 1.54) is 0 Å². The van der Waals surface area contributed by atoms with Crippen LogP contribution in [-0.4, -0.2) is 167 Å². The number of aryl methyl sites for hydroxylation is 6. The maximum absolute atomic E-state index is 12.5. The van der Waals surface area contributed by atoms with Gasteiger partial charge >= 0.3 is 6.09 Å². The Kier molecular flexibility index (Phi) is 19.1. The number of nitrogens with zero attached hydrogens (tertiary/aromatic N) is 13. The van der Waals surface area contributed by atoms with Crippen molar-refractivity contribution in [2.75, 3.05) is 110 Å². The fraction of sp³-hybridized carbons (Fsp3) is 0.412. The van der Waals surface area contributed by atoms with Gasteiger partial charge in [-0.3, -0.25) is 4.79 Å². The average molecular weight is 1240 g/mol. The van der Waals surface area contributed by atoms with Gasteiger partial charge in [0.15, 0.2) is 51.4 Å². The number of imidazole rings is 3. The predicted octanol–water partition coefficient (Wildman–Crippen LogP) is 10.6. The predicted molar refractivity (Wildman–Crippen MR) is 353 cm³/mol. The summed E-state index contributed by atoms with van der Waals surface area (Å²) in [6.07, 6.45) is 5.91. The molecule has 0 spiro atoms. The van der Waals surface area contributed by atoms with E-state index in [9.17, 15) is 9.59 Å². The molecular formula is C68H84N14O9. The highest BCUT2D eigenvalue weighted by Gasteiger charge is 2.30. The number of hydrogen-bond donors (Lipinski definition) is 1. The van der Waals surface area contributed by atoms with Gasteiger partial charge in [0.25, 0.3) is 0 Å². The van der Waals surface area contributed by atoms with Crippen LogP contribution in [0.1, 0.15) is 74.7 Å². The quantitative estimate of drug-likeness (QED) is 0.106. The summed E-state index contributed by atoms with van der Waals surface area (Å²) < 4.78 is 43.9. The van der Waals surface area contributed by atoms with Gasteiger partial charge in [0.1, 0.15) is 5.60 Å². The minimum atomic E-state index is -0.503. The fourth-order valence-electron chi connectivity index (χ4n) is 12.0. The highest BCUT2D eigenvalue weighted by molar-refractivity contribution is 5.80. The summed E-state index contributed by atoms with van der Waals surface area (Å²) in [4.78, 5) is 47.1. The first kappa shape index (κ1) is 64.2. The fourth-order valence-corrected chi connectivity index (χ4v) is 12.0. The molecule has 1 N–H and O–H groups in total. The Labute approximate surface area is 531 Å². The number of piperazine rings is 1. The monoisotopic (exact) mass is 1240 g/mol. The van der Waals surface area contributed by atoms with Crippen molar-refractivity contribution in [3.63, 3.8) is 0 Å². The molecule has 23 heteroatoms. The van der Waals surface area contributed by atoms with E-state index in [2.05, 4.69) is 50.4 Å². The van der Waals surface area contributed by atoms with E-state index >= 15 is 0 Å². The molecule has 0 radical (unpaired) electrons. The van der Waals surface area contributed by atoms with Gasteiger partial charge in [0.05, 0.1) is 111 Å². The van der Waals surface area contributed by atoms with Gasteiger partial charge in [-0.25, -0.2) is 33.3 Å². The van der Waals surface area contributed by atoms with Crippen molar-refractivity contribution in [2.24, 2.45) is 0 Å². The number of carbonyl (C=O) groups excluding carboxylic acids is 2. The number of fused-ring (bicyclic) bond motifs is 3. The second kappa shape index (κ2) is 27.1. The third kappa shape index (κ3) is 13.7. The lowest BCUT2D eigenvalue weighted by molar-refractivity contribution is -0.119. The molecule has 9 aromatic rings. The zero-order valence-electron chi connectivity index (χ0n) is 55.2. The Morgan fingerprint density at radius 1 is 0.462 bits per heavy atom. The van der Waals surface area contributed by atoms with E-state index in [1.54, 1.807) is 54.5 Å². The molecule has 9 heterocycles. The lowest BCUT2D eigenvalue weighted by Gasteiger charge is -2.36. The average Bonchev–Trinajstić information content (AvgIpc) is 1.66. The zero-order valence-corrected chi connectivity index (χ0v) is 55.2. The third-order valence-electron chi connectivity index (χ3n) is 16.2. The van der Waals surface area contributed by atoms with Crippen LogP contribution in [0.25, 0.3) is 50.7 Å². The number of benzene rings is 3. The number of piperidine rings is 1. The molecule has 2 fully saturated rings. The largest absolute Gasteiger partial charge is 0.493 e. The van der Waals surface area contributed by atoms with E-state index in [4.69, 9.17) is 63.4 Å². The topological polar surface area (TPSA) is 214 Å². The highest BCUT2D eigenvalue weighted by Crippen LogP contribution is 2.39. The standard InChI is InChI=1S/C25H33N5O4.C23H29N5O3.C20H22N4O2/c1-16-14-19(28-10-12-29(13-11-28)24(31)34-25(3,4)5)23-26-17(2)22(30(23)27-16)18-8-9-20(32-6)21(15-18)33-7;1-14-12-19(27-10-8-18(9-11-27)25-16(3)29)23-24-15(2)22(28(23)26-14)17-6-7-20(30-4)21(13-17)31-5;1-13-11-16(23-9-5-6-10-23)20-21-14(2)19(24(20)22-13)15-7-8-17(25-3)18(12-15)26-4/h8-9,14-15H,10-13H2,1-7H3;6-7,12-13,18H,8-11H2,1-5H3,(H,25,29);5-8,11-12H,9-10H2,1-4H3. The van der Waals surface area contributed by atoms with Crippen LogP contribution < -0.4 is 48.4 Å². The molecule has 480 valence electrons. The smallest absolute Gasteiger partial charge is 0.410 e. The number of nitrogens with one attached hydrogen (secondary N) is 1. The van der Waals surface area contributed by atoms with Gasteiger partial charge in [-0.05, 0) is 148 Å². The van der Waals surface area contributed by atoms with Crippen LogP contribution in [0.4, 0.5) is 21.9 Å². The van der Waals surface area contributed by atoms with Crippen molar-refractivity contribution in [3.8, 4) is 68.3 Å². The number of hydrogen-bond acceptors (Lipinski definition) is 18. The van der Waals surface area contributed by atoms with Crippen LogP contribution in [0, 0.1) is 41.5 Å². The summed E-state index contributed by atoms with van der Waals surface area (Å²) in [6.45, 7) is 25.3. The molecule has 3 aliphatic heterocycles. The molecule has 2 amide bonds. The lowest BCUT2D eigenvalue weighted by Crippen LogP contribution is -2.50. The van der Waals surface area contributed by atoms with Gasteiger partial charge in [0, 0.05) is 82.0 Å². The van der Waals surface area contributed by atoms with Crippen LogP contribution in [0.2, 0.25) is 0 Å². The lowest BCUT2D eigenvalue weighted by atomic mass is 10.0. The number of methoxy groups -OCH3 is 6. The number of anilines is 3. The van der Waals surface area contributed by atoms with Crippen LogP contribution in [-0.2, 0) is 9.53 Å². The van der Waals surface area contributed by atoms with Crippen LogP contribution in [0.5, 0.6) is 34.5 Å². The second-order valence-corrected chi connectivity index (χ2v) is 23.9. The molecule has 0 bridgehead atoms. The van der Waals surface area contributed by atoms with Gasteiger partial charge in [-0.15, -0.1) is 0 Å². The number of ether oxygens (including phenoxy) is 7. The molecule has 23 nitrogen and oxygen atoms in total. The Hall–Kier alpha value is -9.80. The molecule has 12 rings (SSSR count). The van der Waals surface area contributed by atoms with Gasteiger partial charge < -0.3 is 58.1 Å². The zero-order chi connectivity index (χ0) is 65.0. The van der Waals surface area contributed by atoms with Crippen molar-refractivity contribution in [1.29, 1.82) is 0 Å². The maximum atomic E-state index is 12.5. The molecule has 2 saturated heterocycles. The van der Waals surface area contributed by atoms with E-state index in [1.807, 2.05) is 130 Å². The van der Waals surface area contributed by atoms with Crippen molar-refractivity contribution in [1.82, 2.24) is 54.0 Å². The van der Waals surface area contributed by atoms with E-state index < -0.39 is 5.60 Å². The summed E-state index contributed by atoms with van der Waals surface area (Å²) in [5.74, 6) is 4.11. The Morgan fingerprint density at radius 2 is 0.802 bits per heavy atom. The van der Waals surface area contributed by atoms with Crippen molar-refractivity contribution >= 4 is 46.0 Å². The van der Waals surface area contributed by atoms with Crippen molar-refractivity contribution in [3.05, 3.63) is 119 Å². The highest BCUT2D eigenvalue weighted by atomic mass is 16.6. The first-order chi connectivity index (χ1) is 43.6. The van der Waals surface area contributed by atoms with Gasteiger partial charge in [0.2, 0.25) is 5.91 Å². The Bertz CT molecular complexity index is 4160. The van der Waals surface area contributed by atoms with Crippen LogP contribution >= 0.6 is 0 Å². The number of rotatable bonds is 13. The summed E-state index contributed by atoms with van der Waals surface area (Å²) in [6, 6.07) is 24.1. The first-order valence-electron chi connectivity index (χ1n) is 30.6. The van der Waals surface area contributed by atoms with Crippen molar-refractivity contribution < 1.29 is 42.7 Å². The van der Waals surface area contributed by atoms with E-state index in [-0.39, 0.29) is 18.0 Å². The molecule has 0 aliphatic carbocycles. The molecule has 91 heavy (non-hydrogen) atoms. The molecule has 6 aromatic heterocycles. The molecule has 0 unspecified atom stereocenters. The molecule has 3 aliphatic rings. The third-order valence-corrected chi connectivity index (χ3v) is 16.2. The molecular weight excluding hydrogens is 1160 g/mol. The summed E-state index contributed by atoms with van der Waals surface area (Å²) in [5.41, 5.74) is 16.4. The first-order valence-corrected chi connectivity index (χ1v) is 30.6. The summed E-state index contributed by atoms with van der Waals surface area (Å²) in [5, 5.41) is 17.3. The Balaban J connectivity index is 0.000000151. The molecule has 3 aromatic carbocycles. The number of amides is 2. The number of aromatic nitrogens is 9. The van der Waals surface area contributed by atoms with E-state index in [0.717, 1.165) is 141 Å². The molecule has 0 atom stereocenters. The second-order valence-electron chi connectivity index (χ2n) is 23.9.